The lowest BCUT2D eigenvalue weighted by Crippen LogP contribution is -2.16. The first kappa shape index (κ1) is 15.9. The van der Waals surface area contributed by atoms with Gasteiger partial charge in [-0.3, -0.25) is 4.79 Å². The van der Waals surface area contributed by atoms with Crippen molar-refractivity contribution in [3.05, 3.63) is 84.3 Å². The zero-order valence-electron chi connectivity index (χ0n) is 14.2. The molecular weight excluding hydrogens is 326 g/mol. The fourth-order valence-corrected chi connectivity index (χ4v) is 3.12. The fraction of sp³-hybridized carbons (Fsp3) is 0.0476. The van der Waals surface area contributed by atoms with Gasteiger partial charge in [0, 0.05) is 23.5 Å². The summed E-state index contributed by atoms with van der Waals surface area (Å²) in [5.41, 5.74) is 6.70. The third-order valence-electron chi connectivity index (χ3n) is 4.30. The van der Waals surface area contributed by atoms with Gasteiger partial charge in [-0.1, -0.05) is 48.5 Å². The standard InChI is InChI=1S/C21H17N3O2/c1-24-18-11-6-5-10-16(18)17(20(24)15-8-3-2-4-9-15)14-22-23-21(25)19-12-7-13-26-19/h2-14H,1H3,(H,23,25). The van der Waals surface area contributed by atoms with Gasteiger partial charge in [-0.25, -0.2) is 5.43 Å². The van der Waals surface area contributed by atoms with Gasteiger partial charge >= 0.3 is 5.91 Å². The highest BCUT2D eigenvalue weighted by Crippen LogP contribution is 2.31. The average Bonchev–Trinajstić information content (AvgIpc) is 3.30. The number of carbonyl (C=O) groups is 1. The molecule has 0 bridgehead atoms. The summed E-state index contributed by atoms with van der Waals surface area (Å²) in [6, 6.07) is 21.5. The molecule has 0 atom stereocenters. The molecule has 0 spiro atoms. The van der Waals surface area contributed by atoms with Crippen LogP contribution in [0, 0.1) is 0 Å². The number of aromatic nitrogens is 1. The van der Waals surface area contributed by atoms with Crippen LogP contribution in [0.5, 0.6) is 0 Å². The van der Waals surface area contributed by atoms with Crippen molar-refractivity contribution in [2.24, 2.45) is 12.1 Å². The summed E-state index contributed by atoms with van der Waals surface area (Å²) in [7, 11) is 2.03. The predicted molar refractivity (Wildman–Crippen MR) is 102 cm³/mol. The highest BCUT2D eigenvalue weighted by Gasteiger charge is 2.15. The van der Waals surface area contributed by atoms with E-state index < -0.39 is 0 Å². The first-order valence-electron chi connectivity index (χ1n) is 8.25. The average molecular weight is 343 g/mol. The molecule has 2 aromatic heterocycles. The molecule has 0 radical (unpaired) electrons. The summed E-state index contributed by atoms with van der Waals surface area (Å²) < 4.78 is 7.21. The molecule has 1 amide bonds. The predicted octanol–water partition coefficient (Wildman–Crippen LogP) is 4.20. The number of nitrogens with one attached hydrogen (secondary N) is 1. The molecular formula is C21H17N3O2. The lowest BCUT2D eigenvalue weighted by molar-refractivity contribution is 0.0927. The molecule has 26 heavy (non-hydrogen) atoms. The van der Waals surface area contributed by atoms with Gasteiger partial charge in [0.05, 0.1) is 18.2 Å². The maximum absolute atomic E-state index is 12.0. The number of fused-ring (bicyclic) bond motifs is 1. The minimum absolute atomic E-state index is 0.225. The van der Waals surface area contributed by atoms with Crippen LogP contribution in [0.3, 0.4) is 0 Å². The van der Waals surface area contributed by atoms with Gasteiger partial charge in [0.2, 0.25) is 0 Å². The van der Waals surface area contributed by atoms with Gasteiger partial charge < -0.3 is 8.98 Å². The number of hydrazone groups is 1. The first-order chi connectivity index (χ1) is 12.8. The normalized spacial score (nSPS) is 11.3. The molecule has 128 valence electrons. The van der Waals surface area contributed by atoms with Crippen molar-refractivity contribution in [3.63, 3.8) is 0 Å². The van der Waals surface area contributed by atoms with Crippen molar-refractivity contribution in [2.45, 2.75) is 0 Å². The third kappa shape index (κ3) is 2.80. The van der Waals surface area contributed by atoms with Gasteiger partial charge in [-0.2, -0.15) is 5.10 Å². The van der Waals surface area contributed by atoms with Crippen LogP contribution in [0.15, 0.2) is 82.5 Å². The van der Waals surface area contributed by atoms with Gasteiger partial charge in [0.1, 0.15) is 0 Å². The molecule has 1 N–H and O–H groups in total. The number of nitrogens with zero attached hydrogens (tertiary/aromatic N) is 2. The smallest absolute Gasteiger partial charge is 0.307 e. The molecule has 2 aromatic carbocycles. The molecule has 2 heterocycles. The lowest BCUT2D eigenvalue weighted by Gasteiger charge is -2.06. The summed E-state index contributed by atoms with van der Waals surface area (Å²) >= 11 is 0. The Morgan fingerprint density at radius 3 is 2.58 bits per heavy atom. The molecule has 0 saturated carbocycles. The molecule has 0 aliphatic carbocycles. The summed E-state index contributed by atoms with van der Waals surface area (Å²) in [5, 5.41) is 5.22. The largest absolute Gasteiger partial charge is 0.459 e. The van der Waals surface area contributed by atoms with Crippen LogP contribution in [0.2, 0.25) is 0 Å². The quantitative estimate of drug-likeness (QED) is 0.446. The minimum atomic E-state index is -0.382. The highest BCUT2D eigenvalue weighted by molar-refractivity contribution is 6.06. The number of hydrogen-bond acceptors (Lipinski definition) is 3. The van der Waals surface area contributed by atoms with Gasteiger partial charge in [-0.05, 0) is 23.8 Å². The zero-order valence-corrected chi connectivity index (χ0v) is 14.2. The van der Waals surface area contributed by atoms with Crippen molar-refractivity contribution in [1.29, 1.82) is 0 Å². The molecule has 4 aromatic rings. The zero-order chi connectivity index (χ0) is 17.9. The molecule has 4 rings (SSSR count). The van der Waals surface area contributed by atoms with Crippen LogP contribution in [0.1, 0.15) is 16.1 Å². The number of furan rings is 1. The van der Waals surface area contributed by atoms with Gasteiger partial charge in [-0.15, -0.1) is 0 Å². The summed E-state index contributed by atoms with van der Waals surface area (Å²) in [6.45, 7) is 0. The van der Waals surface area contributed by atoms with E-state index in [0.29, 0.717) is 0 Å². The Kier molecular flexibility index (Phi) is 4.11. The van der Waals surface area contributed by atoms with E-state index >= 15 is 0 Å². The number of para-hydroxylation sites is 1. The number of amides is 1. The Morgan fingerprint density at radius 2 is 1.81 bits per heavy atom. The van der Waals surface area contributed by atoms with Crippen molar-refractivity contribution in [2.75, 3.05) is 0 Å². The summed E-state index contributed by atoms with van der Waals surface area (Å²) in [6.07, 6.45) is 3.14. The monoisotopic (exact) mass is 343 g/mol. The molecule has 0 saturated heterocycles. The summed E-state index contributed by atoms with van der Waals surface area (Å²) in [5.74, 6) is -0.156. The molecule has 0 aliphatic rings. The fourth-order valence-electron chi connectivity index (χ4n) is 3.12. The number of hydrogen-bond donors (Lipinski definition) is 1. The number of aryl methyl sites for hydroxylation is 1. The Bertz CT molecular complexity index is 1080. The molecule has 0 fully saturated rings. The maximum Gasteiger partial charge on any atom is 0.307 e. The van der Waals surface area contributed by atoms with Crippen LogP contribution in [-0.2, 0) is 7.05 Å². The molecule has 5 heteroatoms. The van der Waals surface area contributed by atoms with Crippen molar-refractivity contribution in [1.82, 2.24) is 9.99 Å². The van der Waals surface area contributed by atoms with Crippen molar-refractivity contribution >= 4 is 23.0 Å². The highest BCUT2D eigenvalue weighted by atomic mass is 16.3. The van der Waals surface area contributed by atoms with E-state index in [0.717, 1.165) is 27.7 Å². The number of benzene rings is 2. The van der Waals surface area contributed by atoms with E-state index in [1.807, 2.05) is 37.4 Å². The van der Waals surface area contributed by atoms with E-state index in [4.69, 9.17) is 4.42 Å². The van der Waals surface area contributed by atoms with Crippen LogP contribution >= 0.6 is 0 Å². The second-order valence-corrected chi connectivity index (χ2v) is 5.88. The van der Waals surface area contributed by atoms with Gasteiger partial charge in [0.25, 0.3) is 0 Å². The van der Waals surface area contributed by atoms with Crippen molar-refractivity contribution < 1.29 is 9.21 Å². The van der Waals surface area contributed by atoms with Crippen LogP contribution in [-0.4, -0.2) is 16.7 Å². The second-order valence-electron chi connectivity index (χ2n) is 5.88. The second kappa shape index (κ2) is 6.72. The van der Waals surface area contributed by atoms with E-state index in [-0.39, 0.29) is 11.7 Å². The Morgan fingerprint density at radius 1 is 1.04 bits per heavy atom. The van der Waals surface area contributed by atoms with E-state index in [1.165, 1.54) is 6.26 Å². The number of carbonyl (C=O) groups excluding carboxylic acids is 1. The van der Waals surface area contributed by atoms with Crippen LogP contribution in [0.4, 0.5) is 0 Å². The van der Waals surface area contributed by atoms with E-state index in [1.54, 1.807) is 18.3 Å². The van der Waals surface area contributed by atoms with Gasteiger partial charge in [0.15, 0.2) is 5.76 Å². The molecule has 0 unspecified atom stereocenters. The third-order valence-corrected chi connectivity index (χ3v) is 4.30. The molecule has 0 aliphatic heterocycles. The number of rotatable bonds is 4. The van der Waals surface area contributed by atoms with Crippen LogP contribution in [0.25, 0.3) is 22.2 Å². The Balaban J connectivity index is 1.76. The minimum Gasteiger partial charge on any atom is -0.459 e. The summed E-state index contributed by atoms with van der Waals surface area (Å²) in [4.78, 5) is 12.0. The Hall–Kier alpha value is -3.60. The Labute approximate surface area is 150 Å². The van der Waals surface area contributed by atoms with Crippen molar-refractivity contribution in [3.8, 4) is 11.3 Å². The SMILES string of the molecule is Cn1c(-c2ccccc2)c(C=NNC(=O)c2ccco2)c2ccccc21. The lowest BCUT2D eigenvalue weighted by atomic mass is 10.1. The van der Waals surface area contributed by atoms with E-state index in [9.17, 15) is 4.79 Å². The maximum atomic E-state index is 12.0. The van der Waals surface area contributed by atoms with Crippen LogP contribution < -0.4 is 5.43 Å². The topological polar surface area (TPSA) is 59.5 Å². The first-order valence-corrected chi connectivity index (χ1v) is 8.25. The molecule has 5 nitrogen and oxygen atoms in total. The van der Waals surface area contributed by atoms with E-state index in [2.05, 4.69) is 39.4 Å².